The minimum atomic E-state index is -0.0510. The quantitative estimate of drug-likeness (QED) is 0.751. The summed E-state index contributed by atoms with van der Waals surface area (Å²) in [4.78, 5) is 15.4. The van der Waals surface area contributed by atoms with E-state index in [0.717, 1.165) is 5.69 Å². The topological polar surface area (TPSA) is 44.1 Å². The Morgan fingerprint density at radius 3 is 3.00 bits per heavy atom. The molecule has 0 unspecified atom stereocenters. The lowest BCUT2D eigenvalue weighted by Gasteiger charge is -2.04. The zero-order chi connectivity index (χ0) is 9.14. The third-order valence-electron chi connectivity index (χ3n) is 1.43. The Kier molecular flexibility index (Phi) is 3.21. The summed E-state index contributed by atoms with van der Waals surface area (Å²) < 4.78 is 6.89. The molecule has 0 aliphatic rings. The Morgan fingerprint density at radius 1 is 1.75 bits per heavy atom. The molecule has 0 fully saturated rings. The van der Waals surface area contributed by atoms with Crippen molar-refractivity contribution < 1.29 is 4.74 Å². The van der Waals surface area contributed by atoms with Crippen molar-refractivity contribution in [2.24, 2.45) is 0 Å². The van der Waals surface area contributed by atoms with E-state index in [4.69, 9.17) is 4.74 Å². The Hall–Kier alpha value is -0.430. The first kappa shape index (κ1) is 9.66. The molecule has 5 heteroatoms. The van der Waals surface area contributed by atoms with Gasteiger partial charge in [0.2, 0.25) is 0 Å². The molecule has 1 aromatic rings. The highest BCUT2D eigenvalue weighted by Crippen LogP contribution is 2.00. The molecule has 0 saturated heterocycles. The van der Waals surface area contributed by atoms with E-state index in [1.165, 1.54) is 10.9 Å². The van der Waals surface area contributed by atoms with Crippen molar-refractivity contribution in [3.8, 4) is 0 Å². The van der Waals surface area contributed by atoms with Gasteiger partial charge >= 0.3 is 0 Å². The van der Waals surface area contributed by atoms with Gasteiger partial charge in [0.05, 0.1) is 15.6 Å². The van der Waals surface area contributed by atoms with Crippen LogP contribution in [0.15, 0.2) is 11.1 Å². The van der Waals surface area contributed by atoms with Crippen LogP contribution >= 0.6 is 22.6 Å². The van der Waals surface area contributed by atoms with E-state index in [1.807, 2.05) is 22.6 Å². The smallest absolute Gasteiger partial charge is 0.268 e. The fourth-order valence-corrected chi connectivity index (χ4v) is 1.23. The number of methoxy groups -OCH3 is 1. The summed E-state index contributed by atoms with van der Waals surface area (Å²) >= 11 is 1.98. The fraction of sp³-hybridized carbons (Fsp3) is 0.429. The molecule has 1 heterocycles. The average molecular weight is 280 g/mol. The number of hydrogen-bond acceptors (Lipinski definition) is 3. The van der Waals surface area contributed by atoms with Gasteiger partial charge in [-0.1, -0.05) is 0 Å². The zero-order valence-corrected chi connectivity index (χ0v) is 9.03. The number of nitrogens with zero attached hydrogens (tertiary/aromatic N) is 2. The van der Waals surface area contributed by atoms with Gasteiger partial charge in [-0.2, -0.15) is 0 Å². The third-order valence-corrected chi connectivity index (χ3v) is 2.67. The van der Waals surface area contributed by atoms with Gasteiger partial charge in [0, 0.05) is 7.11 Å². The number of hydrogen-bond donors (Lipinski definition) is 0. The van der Waals surface area contributed by atoms with Gasteiger partial charge in [0.15, 0.2) is 0 Å². The van der Waals surface area contributed by atoms with Gasteiger partial charge in [-0.05, 0) is 29.5 Å². The van der Waals surface area contributed by atoms with E-state index in [1.54, 1.807) is 14.0 Å². The highest BCUT2D eigenvalue weighted by molar-refractivity contribution is 14.1. The zero-order valence-electron chi connectivity index (χ0n) is 6.87. The Balaban J connectivity index is 3.18. The van der Waals surface area contributed by atoms with Crippen LogP contribution in [-0.4, -0.2) is 16.7 Å². The summed E-state index contributed by atoms with van der Waals surface area (Å²) in [6.07, 6.45) is 1.49. The van der Waals surface area contributed by atoms with Crippen LogP contribution in [0.25, 0.3) is 0 Å². The van der Waals surface area contributed by atoms with Crippen molar-refractivity contribution in [1.82, 2.24) is 9.55 Å². The Bertz CT molecular complexity index is 335. The lowest BCUT2D eigenvalue weighted by molar-refractivity contribution is 0.127. The van der Waals surface area contributed by atoms with Gasteiger partial charge in [0.25, 0.3) is 5.56 Å². The maximum atomic E-state index is 11.4. The van der Waals surface area contributed by atoms with Crippen LogP contribution in [-0.2, 0) is 11.5 Å². The van der Waals surface area contributed by atoms with Gasteiger partial charge in [-0.25, -0.2) is 4.98 Å². The second kappa shape index (κ2) is 3.99. The molecule has 0 radical (unpaired) electrons. The molecule has 0 saturated carbocycles. The molecule has 0 aromatic carbocycles. The standard InChI is InChI=1S/C7H9IN2O2/c1-5-6(8)7(11)10(3-9-5)4-12-2/h3H,4H2,1-2H3. The van der Waals surface area contributed by atoms with Crippen molar-refractivity contribution in [3.05, 3.63) is 25.9 Å². The van der Waals surface area contributed by atoms with E-state index in [2.05, 4.69) is 4.98 Å². The predicted octanol–water partition coefficient (Wildman–Crippen LogP) is 0.760. The summed E-state index contributed by atoms with van der Waals surface area (Å²) in [6.45, 7) is 2.06. The molecule has 0 spiro atoms. The second-order valence-electron chi connectivity index (χ2n) is 2.34. The highest BCUT2D eigenvalue weighted by atomic mass is 127. The lowest BCUT2D eigenvalue weighted by atomic mass is 10.4. The van der Waals surface area contributed by atoms with Crippen molar-refractivity contribution in [2.45, 2.75) is 13.7 Å². The molecule has 4 nitrogen and oxygen atoms in total. The maximum absolute atomic E-state index is 11.4. The van der Waals surface area contributed by atoms with Crippen LogP contribution in [0.4, 0.5) is 0 Å². The monoisotopic (exact) mass is 280 g/mol. The van der Waals surface area contributed by atoms with Crippen LogP contribution in [0, 0.1) is 10.5 Å². The summed E-state index contributed by atoms with van der Waals surface area (Å²) in [6, 6.07) is 0. The number of aryl methyl sites for hydroxylation is 1. The molecule has 0 aliphatic carbocycles. The van der Waals surface area contributed by atoms with Gasteiger partial charge in [-0.3, -0.25) is 9.36 Å². The fourth-order valence-electron chi connectivity index (χ4n) is 0.777. The number of rotatable bonds is 2. The molecule has 66 valence electrons. The lowest BCUT2D eigenvalue weighted by Crippen LogP contribution is -2.24. The highest BCUT2D eigenvalue weighted by Gasteiger charge is 2.03. The predicted molar refractivity (Wildman–Crippen MR) is 53.0 cm³/mol. The Morgan fingerprint density at radius 2 is 2.42 bits per heavy atom. The molecular weight excluding hydrogens is 271 g/mol. The molecule has 0 amide bonds. The van der Waals surface area contributed by atoms with Crippen LogP contribution in [0.2, 0.25) is 0 Å². The van der Waals surface area contributed by atoms with Crippen LogP contribution in [0.3, 0.4) is 0 Å². The molecule has 0 N–H and O–H groups in total. The van der Waals surface area contributed by atoms with Crippen molar-refractivity contribution in [3.63, 3.8) is 0 Å². The average Bonchev–Trinajstić information content (AvgIpc) is 2.07. The van der Waals surface area contributed by atoms with Crippen molar-refractivity contribution >= 4 is 22.6 Å². The van der Waals surface area contributed by atoms with E-state index >= 15 is 0 Å². The van der Waals surface area contributed by atoms with E-state index in [9.17, 15) is 4.79 Å². The largest absolute Gasteiger partial charge is 0.364 e. The first-order chi connectivity index (χ1) is 5.66. The molecular formula is C7H9IN2O2. The molecule has 1 aromatic heterocycles. The molecule has 12 heavy (non-hydrogen) atoms. The van der Waals surface area contributed by atoms with Gasteiger partial charge in [-0.15, -0.1) is 0 Å². The number of ether oxygens (including phenoxy) is 1. The van der Waals surface area contributed by atoms with E-state index in [0.29, 0.717) is 3.57 Å². The van der Waals surface area contributed by atoms with Gasteiger partial charge < -0.3 is 4.74 Å². The second-order valence-corrected chi connectivity index (χ2v) is 3.42. The van der Waals surface area contributed by atoms with Gasteiger partial charge in [0.1, 0.15) is 6.73 Å². The molecule has 0 atom stereocenters. The molecule has 0 aliphatic heterocycles. The summed E-state index contributed by atoms with van der Waals surface area (Å²) in [7, 11) is 1.54. The van der Waals surface area contributed by atoms with Crippen molar-refractivity contribution in [2.75, 3.05) is 7.11 Å². The van der Waals surface area contributed by atoms with Crippen LogP contribution in [0.1, 0.15) is 5.69 Å². The van der Waals surface area contributed by atoms with E-state index in [-0.39, 0.29) is 12.3 Å². The first-order valence-corrected chi connectivity index (χ1v) is 4.45. The summed E-state index contributed by atoms with van der Waals surface area (Å²) in [5, 5.41) is 0. The SMILES string of the molecule is COCn1cnc(C)c(I)c1=O. The molecule has 0 bridgehead atoms. The van der Waals surface area contributed by atoms with Crippen molar-refractivity contribution in [1.29, 1.82) is 0 Å². The first-order valence-electron chi connectivity index (χ1n) is 3.37. The normalized spacial score (nSPS) is 10.2. The molecule has 1 rings (SSSR count). The van der Waals surface area contributed by atoms with Crippen LogP contribution in [0.5, 0.6) is 0 Å². The minimum absolute atomic E-state index is 0.0510. The number of halogens is 1. The maximum Gasteiger partial charge on any atom is 0.268 e. The number of aromatic nitrogens is 2. The summed E-state index contributed by atoms with van der Waals surface area (Å²) in [5.74, 6) is 0. The Labute approximate surface area is 83.7 Å². The van der Waals surface area contributed by atoms with Crippen LogP contribution < -0.4 is 5.56 Å². The third kappa shape index (κ3) is 1.84. The minimum Gasteiger partial charge on any atom is -0.364 e. The van der Waals surface area contributed by atoms with E-state index < -0.39 is 0 Å². The summed E-state index contributed by atoms with van der Waals surface area (Å²) in [5.41, 5.74) is 0.706.